The first-order valence-corrected chi connectivity index (χ1v) is 4.33. The van der Waals surface area contributed by atoms with Crippen LogP contribution in [0.5, 0.6) is 0 Å². The molecule has 0 saturated heterocycles. The summed E-state index contributed by atoms with van der Waals surface area (Å²) in [4.78, 5) is 0. The number of allylic oxidation sites excluding steroid dienone is 1. The fourth-order valence-electron chi connectivity index (χ4n) is 0.244. The predicted molar refractivity (Wildman–Crippen MR) is 46.9 cm³/mol. The fraction of sp³-hybridized carbons (Fsp3) is 0.400. The first-order chi connectivity index (χ1) is 4.27. The van der Waals surface area contributed by atoms with Crippen LogP contribution in [0, 0.1) is 5.41 Å². The highest BCUT2D eigenvalue weighted by atomic mass is 79.9. The Kier molecular flexibility index (Phi) is 27.4. The molecule has 0 aromatic rings. The van der Waals surface area contributed by atoms with Gasteiger partial charge in [0.25, 0.3) is 0 Å². The van der Waals surface area contributed by atoms with Crippen LogP contribution in [-0.4, -0.2) is 31.6 Å². The highest BCUT2D eigenvalue weighted by Gasteiger charge is 2.04. The zero-order valence-corrected chi connectivity index (χ0v) is 8.77. The minimum absolute atomic E-state index is 0. The summed E-state index contributed by atoms with van der Waals surface area (Å²) in [5.74, 6) is 0. The largest absolute Gasteiger partial charge is 0.475 e. The third kappa shape index (κ3) is 23.6. The zero-order chi connectivity index (χ0) is 7.70. The normalized spacial score (nSPS) is 6.30. The lowest BCUT2D eigenvalue weighted by molar-refractivity contribution is 0.238. The van der Waals surface area contributed by atoms with E-state index in [1.807, 2.05) is 0 Å². The number of hydrogen-bond donors (Lipinski definition) is 1. The second kappa shape index (κ2) is 16.3. The van der Waals surface area contributed by atoms with Crippen molar-refractivity contribution in [1.82, 2.24) is 0 Å². The maximum Gasteiger partial charge on any atom is 0.475 e. The van der Waals surface area contributed by atoms with Gasteiger partial charge in [-0.2, -0.15) is 0 Å². The first kappa shape index (κ1) is 16.9. The van der Waals surface area contributed by atoms with Gasteiger partial charge in [0, 0.05) is 0 Å². The van der Waals surface area contributed by atoms with Crippen LogP contribution in [0.2, 0.25) is 4.55 Å². The number of rotatable bonds is 3. The fourth-order valence-corrected chi connectivity index (χ4v) is 0.732. The van der Waals surface area contributed by atoms with Crippen molar-refractivity contribution in [3.05, 3.63) is 12.7 Å². The Labute approximate surface area is 79.9 Å². The molecule has 0 aliphatic carbocycles. The summed E-state index contributed by atoms with van der Waals surface area (Å²) in [6.45, 7) is 5.83. The minimum Gasteiger partial charge on any atom is -0.317 e. The molecule has 0 unspecified atom stereocenters. The summed E-state index contributed by atoms with van der Waals surface area (Å²) in [7, 11) is 0. The lowest BCUT2D eigenvalue weighted by Crippen LogP contribution is -2.00. The summed E-state index contributed by atoms with van der Waals surface area (Å²) in [5.41, 5.74) is 0. The SMILES string of the molecule is Br.C=C[CH2][Mg][CH](F)F.C=N. The molecule has 58 valence electrons. The van der Waals surface area contributed by atoms with Gasteiger partial charge in [-0.15, -0.1) is 34.2 Å². The topological polar surface area (TPSA) is 23.9 Å². The van der Waals surface area contributed by atoms with E-state index in [2.05, 4.69) is 13.3 Å². The molecule has 10 heavy (non-hydrogen) atoms. The van der Waals surface area contributed by atoms with E-state index in [0.29, 0.717) is 4.55 Å². The molecule has 1 N–H and O–H groups in total. The molecule has 0 saturated carbocycles. The molecule has 0 radical (unpaired) electrons. The second-order valence-corrected chi connectivity index (χ2v) is 3.03. The number of hydrogen-bond acceptors (Lipinski definition) is 1. The molecular formula is C5H10BrF2MgN. The van der Waals surface area contributed by atoms with Crippen LogP contribution in [0.4, 0.5) is 8.78 Å². The van der Waals surface area contributed by atoms with Crippen LogP contribution in [0.1, 0.15) is 0 Å². The molecule has 0 rings (SSSR count). The summed E-state index contributed by atoms with van der Waals surface area (Å²) in [6.07, 6.45) is 1.55. The number of nitrogens with one attached hydrogen (secondary N) is 1. The van der Waals surface area contributed by atoms with Gasteiger partial charge in [-0.25, -0.2) is 8.78 Å². The van der Waals surface area contributed by atoms with Crippen molar-refractivity contribution in [2.24, 2.45) is 0 Å². The predicted octanol–water partition coefficient (Wildman–Crippen LogP) is 2.36. The smallest absolute Gasteiger partial charge is 0.317 e. The molecule has 1 nitrogen and oxygen atoms in total. The Balaban J connectivity index is -0.000000149. The molecular weight excluding hydrogens is 216 g/mol. The molecule has 0 spiro atoms. The van der Waals surface area contributed by atoms with Crippen LogP contribution in [0.3, 0.4) is 0 Å². The molecule has 0 fully saturated rings. The van der Waals surface area contributed by atoms with Crippen LogP contribution in [0.15, 0.2) is 12.7 Å². The quantitative estimate of drug-likeness (QED) is 0.434. The lowest BCUT2D eigenvalue weighted by Gasteiger charge is -1.85. The van der Waals surface area contributed by atoms with Gasteiger partial charge in [-0.1, -0.05) is 0 Å². The van der Waals surface area contributed by atoms with Crippen LogP contribution >= 0.6 is 17.0 Å². The third-order valence-electron chi connectivity index (χ3n) is 0.589. The van der Waals surface area contributed by atoms with Gasteiger partial charge in [0.1, 0.15) is 4.55 Å². The number of halogens is 3. The summed E-state index contributed by atoms with van der Waals surface area (Å²) in [6, 6.07) is 0. The maximum absolute atomic E-state index is 11.2. The molecule has 0 aliphatic heterocycles. The van der Waals surface area contributed by atoms with Crippen molar-refractivity contribution in [3.63, 3.8) is 0 Å². The Morgan fingerprint density at radius 1 is 1.50 bits per heavy atom. The van der Waals surface area contributed by atoms with Crippen LogP contribution in [-0.2, 0) is 0 Å². The summed E-state index contributed by atoms with van der Waals surface area (Å²) >= 11 is -1.11. The van der Waals surface area contributed by atoms with Gasteiger partial charge < -0.3 is 5.41 Å². The molecule has 0 aromatic heterocycles. The summed E-state index contributed by atoms with van der Waals surface area (Å²) < 4.78 is 21.0. The first-order valence-electron chi connectivity index (χ1n) is 2.51. The van der Waals surface area contributed by atoms with Crippen LogP contribution < -0.4 is 0 Å². The van der Waals surface area contributed by atoms with Crippen molar-refractivity contribution in [1.29, 1.82) is 5.41 Å². The van der Waals surface area contributed by atoms with E-state index in [0.717, 1.165) is 0 Å². The standard InChI is InChI=1S/C3H5.CHF2.CH3N.BrH.Mg/c1-3-2;2-1-3;1-2;;/h3H,1-2H2;1H;2H,1H2;1H;. The highest BCUT2D eigenvalue weighted by Crippen LogP contribution is 1.91. The van der Waals surface area contributed by atoms with Crippen LogP contribution in [0.25, 0.3) is 0 Å². The van der Waals surface area contributed by atoms with E-state index in [-0.39, 0.29) is 17.0 Å². The van der Waals surface area contributed by atoms with Gasteiger partial charge in [-0.05, 0) is 6.72 Å². The second-order valence-electron chi connectivity index (χ2n) is 1.26. The molecule has 0 atom stereocenters. The van der Waals surface area contributed by atoms with Gasteiger partial charge >= 0.3 is 20.4 Å². The lowest BCUT2D eigenvalue weighted by atomic mass is 10.8. The average Bonchev–Trinajstić information content (AvgIpc) is 1.88. The molecule has 0 aromatic carbocycles. The number of alkyl halides is 2. The van der Waals surface area contributed by atoms with E-state index in [1.54, 1.807) is 6.08 Å². The minimum atomic E-state index is -2.03. The maximum atomic E-state index is 11.2. The van der Waals surface area contributed by atoms with Gasteiger partial charge in [-0.3, -0.25) is 0 Å². The van der Waals surface area contributed by atoms with E-state index in [4.69, 9.17) is 5.41 Å². The van der Waals surface area contributed by atoms with Gasteiger partial charge in [0.15, 0.2) is 0 Å². The summed E-state index contributed by atoms with van der Waals surface area (Å²) in [5, 5.41) is 5.50. The van der Waals surface area contributed by atoms with Crippen molar-refractivity contribution in [2.45, 2.75) is 9.10 Å². The Morgan fingerprint density at radius 2 is 1.90 bits per heavy atom. The zero-order valence-electron chi connectivity index (χ0n) is 5.65. The van der Waals surface area contributed by atoms with E-state index in [9.17, 15) is 8.78 Å². The monoisotopic (exact) mass is 225 g/mol. The molecule has 0 aliphatic rings. The van der Waals surface area contributed by atoms with Crippen molar-refractivity contribution >= 4 is 44.1 Å². The average molecular weight is 226 g/mol. The molecule has 5 heteroatoms. The molecule has 0 amide bonds. The third-order valence-corrected chi connectivity index (χ3v) is 1.77. The van der Waals surface area contributed by atoms with E-state index < -0.39 is 24.9 Å². The van der Waals surface area contributed by atoms with Gasteiger partial charge in [0.05, 0.1) is 0 Å². The van der Waals surface area contributed by atoms with E-state index in [1.165, 1.54) is 0 Å². The van der Waals surface area contributed by atoms with Crippen molar-refractivity contribution in [2.75, 3.05) is 0 Å². The van der Waals surface area contributed by atoms with Crippen molar-refractivity contribution < 1.29 is 8.78 Å². The molecule has 0 bridgehead atoms. The Bertz CT molecular complexity index is 72.7. The van der Waals surface area contributed by atoms with Gasteiger partial charge in [0.2, 0.25) is 0 Å². The Hall–Kier alpha value is 0.516. The van der Waals surface area contributed by atoms with E-state index >= 15 is 0 Å². The highest BCUT2D eigenvalue weighted by molar-refractivity contribution is 8.93. The molecule has 0 heterocycles. The van der Waals surface area contributed by atoms with Crippen molar-refractivity contribution in [3.8, 4) is 0 Å². The Morgan fingerprint density at radius 3 is 2.00 bits per heavy atom.